The summed E-state index contributed by atoms with van der Waals surface area (Å²) in [6.07, 6.45) is 1.22. The summed E-state index contributed by atoms with van der Waals surface area (Å²) in [5.41, 5.74) is 1.50. The van der Waals surface area contributed by atoms with Crippen molar-refractivity contribution in [3.8, 4) is 11.5 Å². The number of nitrogens with one attached hydrogen (secondary N) is 1. The molecular weight excluding hydrogens is 332 g/mol. The highest BCUT2D eigenvalue weighted by Gasteiger charge is 2.11. The van der Waals surface area contributed by atoms with Gasteiger partial charge in [-0.05, 0) is 43.2 Å². The first-order valence-corrected chi connectivity index (χ1v) is 8.40. The maximum atomic E-state index is 12.1. The number of hydrogen-bond acceptors (Lipinski definition) is 5. The predicted molar refractivity (Wildman–Crippen MR) is 98.7 cm³/mol. The zero-order chi connectivity index (χ0) is 18.5. The summed E-state index contributed by atoms with van der Waals surface area (Å²) in [5.74, 6) is 1.14. The lowest BCUT2D eigenvalue weighted by Crippen LogP contribution is -2.13. The van der Waals surface area contributed by atoms with E-state index in [0.717, 1.165) is 5.56 Å². The molecule has 0 fully saturated rings. The average molecular weight is 352 g/mol. The Labute approximate surface area is 150 Å². The van der Waals surface area contributed by atoms with Gasteiger partial charge in [0.1, 0.15) is 5.82 Å². The highest BCUT2D eigenvalue weighted by atomic mass is 16.6. The number of aryl methyl sites for hydroxylation is 2. The monoisotopic (exact) mass is 352 g/mol. The van der Waals surface area contributed by atoms with Gasteiger partial charge in [-0.3, -0.25) is 9.59 Å². The molecule has 0 spiro atoms. The first-order valence-electron chi connectivity index (χ1n) is 8.40. The summed E-state index contributed by atoms with van der Waals surface area (Å²) in [6.45, 7) is 1.94. The number of aromatic nitrogens is 2. The Hall–Kier alpha value is -3.15. The minimum absolute atomic E-state index is 0.169. The van der Waals surface area contributed by atoms with E-state index in [1.807, 2.05) is 25.1 Å². The molecule has 0 saturated heterocycles. The number of benzene rings is 2. The molecule has 1 aromatic heterocycles. The van der Waals surface area contributed by atoms with Crippen LogP contribution in [0.3, 0.4) is 0 Å². The van der Waals surface area contributed by atoms with Crippen LogP contribution in [0.25, 0.3) is 10.9 Å². The number of hydrogen-bond donors (Lipinski definition) is 1. The van der Waals surface area contributed by atoms with Crippen LogP contribution in [0.4, 0.5) is 0 Å². The number of carbonyl (C=O) groups is 1. The maximum Gasteiger partial charge on any atom is 0.311 e. The van der Waals surface area contributed by atoms with Gasteiger partial charge in [-0.1, -0.05) is 18.2 Å². The van der Waals surface area contributed by atoms with Gasteiger partial charge in [0, 0.05) is 12.8 Å². The Bertz CT molecular complexity index is 995. The predicted octanol–water partition coefficient (Wildman–Crippen LogP) is 3.17. The van der Waals surface area contributed by atoms with Crippen LogP contribution in [-0.2, 0) is 11.2 Å². The topological polar surface area (TPSA) is 81.3 Å². The zero-order valence-corrected chi connectivity index (χ0v) is 14.7. The molecule has 0 aliphatic rings. The minimum Gasteiger partial charge on any atom is -0.493 e. The van der Waals surface area contributed by atoms with Gasteiger partial charge >= 0.3 is 5.97 Å². The second-order valence-corrected chi connectivity index (χ2v) is 6.01. The van der Waals surface area contributed by atoms with E-state index in [2.05, 4.69) is 9.97 Å². The summed E-state index contributed by atoms with van der Waals surface area (Å²) < 4.78 is 10.6. The summed E-state index contributed by atoms with van der Waals surface area (Å²) in [5, 5.41) is 0.558. The van der Waals surface area contributed by atoms with E-state index in [1.54, 1.807) is 24.3 Å². The van der Waals surface area contributed by atoms with Gasteiger partial charge in [0.05, 0.1) is 18.0 Å². The van der Waals surface area contributed by atoms with Gasteiger partial charge in [-0.2, -0.15) is 0 Å². The fourth-order valence-electron chi connectivity index (χ4n) is 2.69. The molecule has 3 aromatic rings. The number of fused-ring (bicyclic) bond motifs is 1. The molecule has 0 bridgehead atoms. The third-order valence-electron chi connectivity index (χ3n) is 4.00. The number of rotatable bonds is 6. The van der Waals surface area contributed by atoms with Crippen molar-refractivity contribution in [1.29, 1.82) is 0 Å². The molecule has 3 rings (SSSR count). The number of nitrogens with zero attached hydrogens (tertiary/aromatic N) is 1. The van der Waals surface area contributed by atoms with E-state index >= 15 is 0 Å². The van der Waals surface area contributed by atoms with E-state index in [4.69, 9.17) is 9.47 Å². The van der Waals surface area contributed by atoms with Crippen LogP contribution in [0.2, 0.25) is 0 Å². The molecule has 0 aliphatic heterocycles. The van der Waals surface area contributed by atoms with Crippen molar-refractivity contribution in [1.82, 2.24) is 9.97 Å². The van der Waals surface area contributed by atoms with Gasteiger partial charge in [0.2, 0.25) is 0 Å². The van der Waals surface area contributed by atoms with Crippen LogP contribution in [-0.4, -0.2) is 23.0 Å². The van der Waals surface area contributed by atoms with Crippen molar-refractivity contribution in [3.05, 3.63) is 64.2 Å². The summed E-state index contributed by atoms with van der Waals surface area (Å²) in [6, 6.07) is 12.6. The molecule has 0 radical (unpaired) electrons. The molecule has 0 atom stereocenters. The van der Waals surface area contributed by atoms with Gasteiger partial charge < -0.3 is 14.5 Å². The van der Waals surface area contributed by atoms with E-state index in [1.165, 1.54) is 7.11 Å². The first-order chi connectivity index (χ1) is 12.6. The second kappa shape index (κ2) is 7.82. The highest BCUT2D eigenvalue weighted by molar-refractivity contribution is 5.77. The number of ether oxygens (including phenoxy) is 2. The molecule has 0 saturated carbocycles. The number of esters is 1. The van der Waals surface area contributed by atoms with Crippen LogP contribution in [0.15, 0.2) is 47.3 Å². The zero-order valence-electron chi connectivity index (χ0n) is 14.7. The van der Waals surface area contributed by atoms with E-state index < -0.39 is 0 Å². The lowest BCUT2D eigenvalue weighted by molar-refractivity contribution is -0.134. The standard InChI is InChI=1S/C20H20N2O4/c1-13-10-11-16(17(12-13)25-2)26-19(23)9-5-8-18-21-15-7-4-3-6-14(15)20(24)22-18/h3-4,6-7,10-12H,5,8-9H2,1-2H3,(H,21,22,24). The molecule has 1 heterocycles. The Morgan fingerprint density at radius 1 is 1.15 bits per heavy atom. The van der Waals surface area contributed by atoms with Gasteiger partial charge in [0.15, 0.2) is 11.5 Å². The van der Waals surface area contributed by atoms with Gasteiger partial charge in [0.25, 0.3) is 5.56 Å². The Balaban J connectivity index is 1.60. The molecule has 6 heteroatoms. The summed E-state index contributed by atoms with van der Waals surface area (Å²) in [4.78, 5) is 31.3. The molecule has 0 unspecified atom stereocenters. The van der Waals surface area contributed by atoms with Crippen molar-refractivity contribution < 1.29 is 14.3 Å². The Morgan fingerprint density at radius 2 is 1.96 bits per heavy atom. The van der Waals surface area contributed by atoms with E-state index in [0.29, 0.717) is 41.1 Å². The number of methoxy groups -OCH3 is 1. The van der Waals surface area contributed by atoms with Crippen molar-refractivity contribution in [2.45, 2.75) is 26.2 Å². The second-order valence-electron chi connectivity index (χ2n) is 6.01. The molecule has 134 valence electrons. The summed E-state index contributed by atoms with van der Waals surface area (Å²) >= 11 is 0. The highest BCUT2D eigenvalue weighted by Crippen LogP contribution is 2.28. The van der Waals surface area contributed by atoms with E-state index in [-0.39, 0.29) is 17.9 Å². The summed E-state index contributed by atoms with van der Waals surface area (Å²) in [7, 11) is 1.54. The van der Waals surface area contributed by atoms with E-state index in [9.17, 15) is 9.59 Å². The van der Waals surface area contributed by atoms with Crippen molar-refractivity contribution in [2.75, 3.05) is 7.11 Å². The molecule has 2 aromatic carbocycles. The van der Waals surface area contributed by atoms with Crippen LogP contribution < -0.4 is 15.0 Å². The SMILES string of the molecule is COc1cc(C)ccc1OC(=O)CCCc1nc2ccccc2c(=O)[nH]1. The third-order valence-corrected chi connectivity index (χ3v) is 4.00. The third kappa shape index (κ3) is 4.08. The maximum absolute atomic E-state index is 12.1. The Kier molecular flexibility index (Phi) is 5.31. The van der Waals surface area contributed by atoms with Crippen LogP contribution in [0.5, 0.6) is 11.5 Å². The number of carbonyl (C=O) groups excluding carboxylic acids is 1. The molecular formula is C20H20N2O4. The molecule has 0 amide bonds. The molecule has 0 aliphatic carbocycles. The van der Waals surface area contributed by atoms with Gasteiger partial charge in [-0.15, -0.1) is 0 Å². The van der Waals surface area contributed by atoms with Crippen molar-refractivity contribution in [3.63, 3.8) is 0 Å². The lowest BCUT2D eigenvalue weighted by atomic mass is 10.2. The first kappa shape index (κ1) is 17.7. The quantitative estimate of drug-likeness (QED) is 0.544. The van der Waals surface area contributed by atoms with Crippen LogP contribution >= 0.6 is 0 Å². The smallest absolute Gasteiger partial charge is 0.311 e. The van der Waals surface area contributed by atoms with Gasteiger partial charge in [-0.25, -0.2) is 4.98 Å². The molecule has 6 nitrogen and oxygen atoms in total. The number of para-hydroxylation sites is 1. The normalized spacial score (nSPS) is 10.7. The Morgan fingerprint density at radius 3 is 2.77 bits per heavy atom. The number of aromatic amines is 1. The average Bonchev–Trinajstić information content (AvgIpc) is 2.63. The van der Waals surface area contributed by atoms with Crippen molar-refractivity contribution >= 4 is 16.9 Å². The fourth-order valence-corrected chi connectivity index (χ4v) is 2.69. The lowest BCUT2D eigenvalue weighted by Gasteiger charge is -2.09. The van der Waals surface area contributed by atoms with Crippen LogP contribution in [0.1, 0.15) is 24.2 Å². The molecule has 26 heavy (non-hydrogen) atoms. The number of H-pyrrole nitrogens is 1. The minimum atomic E-state index is -0.352. The fraction of sp³-hybridized carbons (Fsp3) is 0.250. The molecule has 1 N–H and O–H groups in total. The largest absolute Gasteiger partial charge is 0.493 e. The van der Waals surface area contributed by atoms with Crippen molar-refractivity contribution in [2.24, 2.45) is 0 Å². The van der Waals surface area contributed by atoms with Crippen LogP contribution in [0, 0.1) is 6.92 Å².